The molecule has 5 heteroatoms. The predicted molar refractivity (Wildman–Crippen MR) is 70.7 cm³/mol. The van der Waals surface area contributed by atoms with Gasteiger partial charge in [-0.05, 0) is 40.7 Å². The lowest BCUT2D eigenvalue weighted by Gasteiger charge is -2.39. The van der Waals surface area contributed by atoms with Crippen molar-refractivity contribution in [3.8, 4) is 0 Å². The molecule has 106 valence electrons. The van der Waals surface area contributed by atoms with Crippen LogP contribution in [-0.4, -0.2) is 56.0 Å². The Morgan fingerprint density at radius 3 is 2.33 bits per heavy atom. The summed E-state index contributed by atoms with van der Waals surface area (Å²) in [5.74, 6) is 0. The van der Waals surface area contributed by atoms with Crippen LogP contribution in [0.15, 0.2) is 0 Å². The van der Waals surface area contributed by atoms with Crippen LogP contribution >= 0.6 is 0 Å². The Balaban J connectivity index is 2.42. The van der Waals surface area contributed by atoms with Crippen molar-refractivity contribution in [3.63, 3.8) is 0 Å². The number of alkyl carbamates (subject to hydrolysis) is 1. The minimum absolute atomic E-state index is 0.247. The van der Waals surface area contributed by atoms with E-state index in [1.807, 2.05) is 20.8 Å². The van der Waals surface area contributed by atoms with Gasteiger partial charge in [-0.15, -0.1) is 0 Å². The van der Waals surface area contributed by atoms with Gasteiger partial charge in [0.25, 0.3) is 0 Å². The van der Waals surface area contributed by atoms with Gasteiger partial charge in [-0.3, -0.25) is 0 Å². The predicted octanol–water partition coefficient (Wildman–Crippen LogP) is 1.62. The average molecular weight is 258 g/mol. The van der Waals surface area contributed by atoms with Gasteiger partial charge in [-0.25, -0.2) is 4.79 Å². The zero-order valence-electron chi connectivity index (χ0n) is 12.2. The number of likely N-dealkylation sites (tertiary alicyclic amines) is 1. The highest BCUT2D eigenvalue weighted by Gasteiger charge is 2.34. The average Bonchev–Trinajstić information content (AvgIpc) is 2.27. The van der Waals surface area contributed by atoms with Crippen LogP contribution in [0.2, 0.25) is 0 Å². The monoisotopic (exact) mass is 258 g/mol. The molecule has 0 bridgehead atoms. The number of ether oxygens (including phenoxy) is 2. The van der Waals surface area contributed by atoms with Crippen molar-refractivity contribution >= 4 is 6.09 Å². The molecular weight excluding hydrogens is 232 g/mol. The summed E-state index contributed by atoms with van der Waals surface area (Å²) in [5, 5.41) is 2.81. The summed E-state index contributed by atoms with van der Waals surface area (Å²) in [7, 11) is 3.81. The van der Waals surface area contributed by atoms with E-state index in [2.05, 4.69) is 17.3 Å². The molecule has 1 aliphatic rings. The molecule has 0 spiro atoms. The Labute approximate surface area is 110 Å². The van der Waals surface area contributed by atoms with Crippen molar-refractivity contribution in [1.29, 1.82) is 0 Å². The van der Waals surface area contributed by atoms with Gasteiger partial charge in [0.1, 0.15) is 5.60 Å². The van der Waals surface area contributed by atoms with Gasteiger partial charge in [-0.1, -0.05) is 0 Å². The number of carbonyl (C=O) groups excluding carboxylic acids is 1. The SMILES string of the molecule is COC1(CNC(=O)OC(C)(C)C)CCN(C)CC1. The molecule has 1 fully saturated rings. The van der Waals surface area contributed by atoms with E-state index in [4.69, 9.17) is 9.47 Å². The molecule has 0 unspecified atom stereocenters. The third kappa shape index (κ3) is 4.82. The van der Waals surface area contributed by atoms with Gasteiger partial charge in [0, 0.05) is 26.7 Å². The molecule has 0 aliphatic carbocycles. The number of nitrogens with one attached hydrogen (secondary N) is 1. The topological polar surface area (TPSA) is 50.8 Å². The molecule has 0 aromatic carbocycles. The molecule has 1 saturated heterocycles. The van der Waals surface area contributed by atoms with Crippen molar-refractivity contribution in [2.45, 2.75) is 44.8 Å². The van der Waals surface area contributed by atoms with Gasteiger partial charge >= 0.3 is 6.09 Å². The second-order valence-corrected chi connectivity index (χ2v) is 6.05. The number of amides is 1. The first-order valence-corrected chi connectivity index (χ1v) is 6.47. The number of hydrogen-bond donors (Lipinski definition) is 1. The van der Waals surface area contributed by atoms with Gasteiger partial charge in [0.05, 0.1) is 5.60 Å². The summed E-state index contributed by atoms with van der Waals surface area (Å²) < 4.78 is 10.8. The largest absolute Gasteiger partial charge is 0.444 e. The third-order valence-corrected chi connectivity index (χ3v) is 3.29. The van der Waals surface area contributed by atoms with Crippen molar-refractivity contribution in [2.24, 2.45) is 0 Å². The van der Waals surface area contributed by atoms with Crippen molar-refractivity contribution in [3.05, 3.63) is 0 Å². The summed E-state index contributed by atoms with van der Waals surface area (Å²) in [6.07, 6.45) is 1.48. The number of piperidine rings is 1. The molecule has 0 radical (unpaired) electrons. The molecule has 0 aromatic rings. The number of nitrogens with zero attached hydrogens (tertiary/aromatic N) is 1. The van der Waals surface area contributed by atoms with Crippen LogP contribution in [0.3, 0.4) is 0 Å². The molecule has 1 heterocycles. The zero-order chi connectivity index (χ0) is 13.8. The van der Waals surface area contributed by atoms with E-state index in [1.54, 1.807) is 7.11 Å². The van der Waals surface area contributed by atoms with E-state index in [9.17, 15) is 4.79 Å². The van der Waals surface area contributed by atoms with Crippen LogP contribution < -0.4 is 5.32 Å². The van der Waals surface area contributed by atoms with Crippen molar-refractivity contribution < 1.29 is 14.3 Å². The molecule has 1 N–H and O–H groups in total. The summed E-state index contributed by atoms with van der Waals surface area (Å²) in [6.45, 7) is 8.05. The highest BCUT2D eigenvalue weighted by Crippen LogP contribution is 2.24. The standard InChI is InChI=1S/C13H26N2O3/c1-12(2,3)18-11(16)14-10-13(17-5)6-8-15(4)9-7-13/h6-10H2,1-5H3,(H,14,16). The molecule has 0 saturated carbocycles. The maximum atomic E-state index is 11.6. The Kier molecular flexibility index (Phi) is 4.99. The molecular formula is C13H26N2O3. The Morgan fingerprint density at radius 2 is 1.89 bits per heavy atom. The second kappa shape index (κ2) is 5.89. The summed E-state index contributed by atoms with van der Waals surface area (Å²) in [6, 6.07) is 0. The summed E-state index contributed by atoms with van der Waals surface area (Å²) in [5.41, 5.74) is -0.708. The van der Waals surface area contributed by atoms with E-state index in [1.165, 1.54) is 0 Å². The van der Waals surface area contributed by atoms with Crippen LogP contribution in [0.25, 0.3) is 0 Å². The van der Waals surface area contributed by atoms with E-state index >= 15 is 0 Å². The normalized spacial score (nSPS) is 20.5. The van der Waals surface area contributed by atoms with Gasteiger partial charge in [0.15, 0.2) is 0 Å². The minimum Gasteiger partial charge on any atom is -0.444 e. The first kappa shape index (κ1) is 15.2. The van der Waals surface area contributed by atoms with Crippen LogP contribution in [0.5, 0.6) is 0 Å². The third-order valence-electron chi connectivity index (χ3n) is 3.29. The molecule has 5 nitrogen and oxygen atoms in total. The first-order chi connectivity index (χ1) is 8.26. The fourth-order valence-electron chi connectivity index (χ4n) is 2.03. The van der Waals surface area contributed by atoms with Gasteiger partial charge in [0.2, 0.25) is 0 Å². The minimum atomic E-state index is -0.461. The lowest BCUT2D eigenvalue weighted by atomic mass is 9.91. The second-order valence-electron chi connectivity index (χ2n) is 6.05. The quantitative estimate of drug-likeness (QED) is 0.836. The van der Waals surface area contributed by atoms with E-state index in [0.717, 1.165) is 25.9 Å². The molecule has 1 rings (SSSR count). The highest BCUT2D eigenvalue weighted by atomic mass is 16.6. The summed E-state index contributed by atoms with van der Waals surface area (Å²) >= 11 is 0. The molecule has 0 aromatic heterocycles. The fraction of sp³-hybridized carbons (Fsp3) is 0.923. The lowest BCUT2D eigenvalue weighted by molar-refractivity contribution is -0.0525. The Hall–Kier alpha value is -0.810. The van der Waals surface area contributed by atoms with Crippen molar-refractivity contribution in [1.82, 2.24) is 10.2 Å². The van der Waals surface area contributed by atoms with E-state index in [-0.39, 0.29) is 11.7 Å². The fourth-order valence-corrected chi connectivity index (χ4v) is 2.03. The number of carbonyl (C=O) groups is 1. The molecule has 18 heavy (non-hydrogen) atoms. The molecule has 1 amide bonds. The maximum Gasteiger partial charge on any atom is 0.407 e. The number of rotatable bonds is 3. The van der Waals surface area contributed by atoms with E-state index < -0.39 is 5.60 Å². The van der Waals surface area contributed by atoms with Crippen LogP contribution in [0, 0.1) is 0 Å². The van der Waals surface area contributed by atoms with Crippen molar-refractivity contribution in [2.75, 3.05) is 33.8 Å². The lowest BCUT2D eigenvalue weighted by Crippen LogP contribution is -2.51. The van der Waals surface area contributed by atoms with Crippen LogP contribution in [-0.2, 0) is 9.47 Å². The van der Waals surface area contributed by atoms with Gasteiger partial charge in [-0.2, -0.15) is 0 Å². The zero-order valence-corrected chi connectivity index (χ0v) is 12.2. The number of methoxy groups -OCH3 is 1. The number of hydrogen-bond acceptors (Lipinski definition) is 4. The van der Waals surface area contributed by atoms with E-state index in [0.29, 0.717) is 6.54 Å². The molecule has 1 aliphatic heterocycles. The van der Waals surface area contributed by atoms with Crippen LogP contribution in [0.1, 0.15) is 33.6 Å². The maximum absolute atomic E-state index is 11.6. The summed E-state index contributed by atoms with van der Waals surface area (Å²) in [4.78, 5) is 13.9. The smallest absolute Gasteiger partial charge is 0.407 e. The van der Waals surface area contributed by atoms with Crippen LogP contribution in [0.4, 0.5) is 4.79 Å². The molecule has 0 atom stereocenters. The Bertz CT molecular complexity index is 278. The van der Waals surface area contributed by atoms with Gasteiger partial charge < -0.3 is 19.7 Å². The highest BCUT2D eigenvalue weighted by molar-refractivity contribution is 5.67. The Morgan fingerprint density at radius 1 is 1.33 bits per heavy atom. The first-order valence-electron chi connectivity index (χ1n) is 6.47.